The molecule has 0 saturated carbocycles. The number of alkyl halides is 3. The number of nitro groups is 3. The number of rotatable bonds is 5. The molecule has 1 N–H and O–H groups in total. The Morgan fingerprint density at radius 3 is 1.80 bits per heavy atom. The minimum atomic E-state index is -5.24. The molecule has 2 rings (SSSR count). The molecule has 16 heteroatoms. The highest BCUT2D eigenvalue weighted by Gasteiger charge is 2.45. The molecule has 0 spiro atoms. The highest BCUT2D eigenvalue weighted by molar-refractivity contribution is 6.30. The van der Waals surface area contributed by atoms with E-state index in [0.717, 1.165) is 0 Å². The maximum Gasteiger partial charge on any atom is 0.416 e. The molecular weight excluding hydrogens is 443 g/mol. The fraction of sp³-hybridized carbons (Fsp3) is 0.0714. The largest absolute Gasteiger partial charge is 0.416 e. The van der Waals surface area contributed by atoms with Crippen molar-refractivity contribution in [3.8, 4) is 0 Å². The minimum Gasteiger partial charge on any atom is -0.303 e. The van der Waals surface area contributed by atoms with Crippen molar-refractivity contribution in [3.63, 3.8) is 0 Å². The Bertz CT molecular complexity index is 1010. The van der Waals surface area contributed by atoms with E-state index in [1.807, 2.05) is 5.32 Å². The van der Waals surface area contributed by atoms with Crippen LogP contribution in [0, 0.1) is 30.3 Å². The molecule has 2 aromatic carbocycles. The van der Waals surface area contributed by atoms with Crippen LogP contribution in [-0.4, -0.2) is 20.9 Å². The van der Waals surface area contributed by atoms with Crippen molar-refractivity contribution in [1.29, 1.82) is 0 Å². The molecule has 0 heterocycles. The van der Waals surface area contributed by atoms with Crippen LogP contribution in [0.1, 0.15) is 5.56 Å². The number of hydrogen-bond donors (Lipinski definition) is 1. The van der Waals surface area contributed by atoms with Gasteiger partial charge in [0.2, 0.25) is 0 Å². The van der Waals surface area contributed by atoms with E-state index >= 15 is 0 Å². The van der Waals surface area contributed by atoms with Gasteiger partial charge in [-0.2, -0.15) is 13.2 Å². The van der Waals surface area contributed by atoms with E-state index in [1.165, 1.54) is 24.3 Å². The van der Waals surface area contributed by atoms with Gasteiger partial charge in [0.1, 0.15) is 0 Å². The van der Waals surface area contributed by atoms with Gasteiger partial charge in [-0.25, -0.2) is 14.9 Å². The van der Waals surface area contributed by atoms with Gasteiger partial charge < -0.3 is 5.32 Å². The minimum absolute atomic E-state index is 0.0894. The molecule has 12 nitrogen and oxygen atoms in total. The smallest absolute Gasteiger partial charge is 0.303 e. The van der Waals surface area contributed by atoms with Gasteiger partial charge in [0.05, 0.1) is 15.4 Å². The van der Waals surface area contributed by atoms with Crippen molar-refractivity contribution in [2.75, 3.05) is 10.3 Å². The van der Waals surface area contributed by atoms with Crippen molar-refractivity contribution in [2.24, 2.45) is 0 Å². The van der Waals surface area contributed by atoms with Crippen LogP contribution < -0.4 is 10.3 Å². The molecule has 0 aliphatic heterocycles. The molecule has 2 amide bonds. The number of nitrogens with zero attached hydrogens (tertiary/aromatic N) is 4. The number of amides is 2. The van der Waals surface area contributed by atoms with Crippen LogP contribution in [-0.2, 0) is 6.18 Å². The van der Waals surface area contributed by atoms with Crippen molar-refractivity contribution in [1.82, 2.24) is 0 Å². The van der Waals surface area contributed by atoms with E-state index < -0.39 is 54.7 Å². The first-order chi connectivity index (χ1) is 13.8. The van der Waals surface area contributed by atoms with Crippen molar-refractivity contribution >= 4 is 40.4 Å². The van der Waals surface area contributed by atoms with Gasteiger partial charge >= 0.3 is 23.6 Å². The third-order valence-electron chi connectivity index (χ3n) is 3.45. The van der Waals surface area contributed by atoms with Crippen LogP contribution >= 0.6 is 11.6 Å². The molecule has 2 aromatic rings. The van der Waals surface area contributed by atoms with E-state index in [0.29, 0.717) is 0 Å². The van der Waals surface area contributed by atoms with Gasteiger partial charge in [0.25, 0.3) is 5.69 Å². The highest BCUT2D eigenvalue weighted by Crippen LogP contribution is 2.43. The maximum absolute atomic E-state index is 13.0. The zero-order chi connectivity index (χ0) is 22.8. The fourth-order valence-corrected chi connectivity index (χ4v) is 2.36. The lowest BCUT2D eigenvalue weighted by Crippen LogP contribution is -2.40. The summed E-state index contributed by atoms with van der Waals surface area (Å²) in [5, 5.41) is 33.9. The summed E-state index contributed by atoms with van der Waals surface area (Å²) in [5.41, 5.74) is -6.78. The average Bonchev–Trinajstić information content (AvgIpc) is 2.62. The topological polar surface area (TPSA) is 162 Å². The maximum atomic E-state index is 13.0. The Morgan fingerprint density at radius 1 is 0.967 bits per heavy atom. The summed E-state index contributed by atoms with van der Waals surface area (Å²) in [6.07, 6.45) is -5.24. The molecule has 0 saturated heterocycles. The number of benzene rings is 2. The van der Waals surface area contributed by atoms with Crippen LogP contribution in [0.2, 0.25) is 5.02 Å². The SMILES string of the molecule is O=C(Nc1ccc(Cl)cc1)N(c1c([N+](=O)[O-])cc(C(F)(F)F)cc1[N+](=O)[O-])[N+](=O)[O-]. The van der Waals surface area contributed by atoms with Gasteiger partial charge in [0.15, 0.2) is 5.03 Å². The summed E-state index contributed by atoms with van der Waals surface area (Å²) in [6.45, 7) is 0. The van der Waals surface area contributed by atoms with E-state index in [9.17, 15) is 48.3 Å². The van der Waals surface area contributed by atoms with E-state index in [-0.39, 0.29) is 22.8 Å². The molecule has 0 unspecified atom stereocenters. The number of halogens is 4. The Hall–Kier alpha value is -4.01. The first-order valence-corrected chi connectivity index (χ1v) is 7.75. The number of nitro benzene ring substituents is 2. The molecule has 0 aromatic heterocycles. The lowest BCUT2D eigenvalue weighted by Gasteiger charge is -2.15. The molecule has 0 aliphatic carbocycles. The second kappa shape index (κ2) is 8.16. The van der Waals surface area contributed by atoms with Crippen molar-refractivity contribution < 1.29 is 32.8 Å². The summed E-state index contributed by atoms with van der Waals surface area (Å²) in [4.78, 5) is 43.2. The van der Waals surface area contributed by atoms with Crippen LogP contribution in [0.5, 0.6) is 0 Å². The van der Waals surface area contributed by atoms with Gasteiger partial charge in [-0.15, -0.1) is 0 Å². The van der Waals surface area contributed by atoms with Crippen LogP contribution in [0.15, 0.2) is 36.4 Å². The Labute approximate surface area is 167 Å². The summed E-state index contributed by atoms with van der Waals surface area (Å²) in [6, 6.07) is 2.92. The number of nitrogens with one attached hydrogen (secondary N) is 1. The van der Waals surface area contributed by atoms with Crippen LogP contribution in [0.3, 0.4) is 0 Å². The van der Waals surface area contributed by atoms with Gasteiger partial charge in [-0.1, -0.05) is 11.6 Å². The van der Waals surface area contributed by atoms with Gasteiger partial charge in [-0.3, -0.25) is 20.2 Å². The van der Waals surface area contributed by atoms with Gasteiger partial charge in [0, 0.05) is 27.9 Å². The molecule has 0 fully saturated rings. The standard InChI is InChI=1S/C14H7ClF3N5O7/c15-8-1-3-9(4-2-8)19-13(24)20(23(29)30)12-10(21(25)26)5-7(14(16,17)18)6-11(12)22(27)28/h1-6H,(H,19,24). The number of anilines is 2. The third kappa shape index (κ3) is 4.69. The number of carbonyl (C=O) groups is 1. The first-order valence-electron chi connectivity index (χ1n) is 7.38. The average molecular weight is 450 g/mol. The summed E-state index contributed by atoms with van der Waals surface area (Å²) >= 11 is 5.65. The monoisotopic (exact) mass is 449 g/mol. The number of carbonyl (C=O) groups excluding carboxylic acids is 1. The Balaban J connectivity index is 2.70. The molecule has 30 heavy (non-hydrogen) atoms. The van der Waals surface area contributed by atoms with Crippen molar-refractivity contribution in [3.05, 3.63) is 77.3 Å². The molecule has 0 aliphatic rings. The normalized spacial score (nSPS) is 10.9. The summed E-state index contributed by atoms with van der Waals surface area (Å²) < 4.78 is 38.9. The van der Waals surface area contributed by atoms with E-state index in [1.54, 1.807) is 0 Å². The second-order valence-corrected chi connectivity index (χ2v) is 5.80. The van der Waals surface area contributed by atoms with Crippen LogP contribution in [0.25, 0.3) is 0 Å². The number of urea groups is 1. The summed E-state index contributed by atoms with van der Waals surface area (Å²) in [5.74, 6) is 0. The quantitative estimate of drug-likeness (QED) is 0.522. The lowest BCUT2D eigenvalue weighted by molar-refractivity contribution is -0.484. The molecule has 158 valence electrons. The fourth-order valence-electron chi connectivity index (χ4n) is 2.23. The molecule has 0 bridgehead atoms. The second-order valence-electron chi connectivity index (χ2n) is 5.36. The number of hydrazine groups is 1. The highest BCUT2D eigenvalue weighted by atomic mass is 35.5. The third-order valence-corrected chi connectivity index (χ3v) is 3.71. The van der Waals surface area contributed by atoms with Gasteiger partial charge in [-0.05, 0) is 24.3 Å². The van der Waals surface area contributed by atoms with Crippen LogP contribution in [0.4, 0.5) is 40.7 Å². The van der Waals surface area contributed by atoms with E-state index in [2.05, 4.69) is 0 Å². The first kappa shape index (κ1) is 22.3. The lowest BCUT2D eigenvalue weighted by atomic mass is 10.1. The Kier molecular flexibility index (Phi) is 6.06. The predicted molar refractivity (Wildman–Crippen MR) is 94.7 cm³/mol. The predicted octanol–water partition coefficient (Wildman–Crippen LogP) is 4.41. The molecular formula is C14H7ClF3N5O7. The zero-order valence-electron chi connectivity index (χ0n) is 14.1. The molecule has 0 radical (unpaired) electrons. The Morgan fingerprint density at radius 2 is 1.43 bits per heavy atom. The van der Waals surface area contributed by atoms with E-state index in [4.69, 9.17) is 11.6 Å². The molecule has 0 atom stereocenters. The van der Waals surface area contributed by atoms with Crippen molar-refractivity contribution in [2.45, 2.75) is 6.18 Å². The number of hydrogen-bond acceptors (Lipinski definition) is 7. The summed E-state index contributed by atoms with van der Waals surface area (Å²) in [7, 11) is 0. The zero-order valence-corrected chi connectivity index (χ0v) is 14.9.